The lowest BCUT2D eigenvalue weighted by Crippen LogP contribution is -2.28. The molecule has 0 spiro atoms. The maximum absolute atomic E-state index is 5.84. The normalized spacial score (nSPS) is 17.2. The van der Waals surface area contributed by atoms with Crippen molar-refractivity contribution >= 4 is 10.9 Å². The molecule has 18 heavy (non-hydrogen) atoms. The number of hydrogen-bond acceptors (Lipinski definition) is 2. The minimum absolute atomic E-state index is 0.616. The topological polar surface area (TPSA) is 26.2 Å². The van der Waals surface area contributed by atoms with Crippen LogP contribution in [0.3, 0.4) is 0 Å². The molecule has 0 bridgehead atoms. The van der Waals surface area contributed by atoms with Crippen molar-refractivity contribution in [2.24, 2.45) is 0 Å². The first-order chi connectivity index (χ1) is 8.90. The fourth-order valence-corrected chi connectivity index (χ4v) is 2.83. The van der Waals surface area contributed by atoms with Crippen molar-refractivity contribution in [3.63, 3.8) is 0 Å². The van der Waals surface area contributed by atoms with Gasteiger partial charge in [0, 0.05) is 11.3 Å². The number of nitrogens with zero attached hydrogens (tertiary/aromatic N) is 1. The Morgan fingerprint density at radius 3 is 2.83 bits per heavy atom. The second-order valence-corrected chi connectivity index (χ2v) is 4.86. The lowest BCUT2D eigenvalue weighted by atomic mass is 9.95. The molecule has 3 heteroatoms. The first-order valence-electron chi connectivity index (χ1n) is 6.84. The summed E-state index contributed by atoms with van der Waals surface area (Å²) < 4.78 is 2.05. The molecule has 0 atom stereocenters. The van der Waals surface area contributed by atoms with Crippen molar-refractivity contribution in [3.05, 3.63) is 36.0 Å². The fourth-order valence-electron chi connectivity index (χ4n) is 2.83. The van der Waals surface area contributed by atoms with Crippen LogP contribution in [-0.4, -0.2) is 24.4 Å². The Balaban J connectivity index is 2.05. The summed E-state index contributed by atoms with van der Waals surface area (Å²) >= 11 is 0. The maximum Gasteiger partial charge on any atom is 0.112 e. The van der Waals surface area contributed by atoms with Gasteiger partial charge in [0.2, 0.25) is 0 Å². The molecule has 2 heterocycles. The lowest BCUT2D eigenvalue weighted by molar-refractivity contribution is 0.121. The van der Waals surface area contributed by atoms with Crippen molar-refractivity contribution in [1.29, 1.82) is 0 Å². The van der Waals surface area contributed by atoms with Crippen LogP contribution in [0.5, 0.6) is 0 Å². The molecule has 2 aromatic rings. The highest BCUT2D eigenvalue weighted by Gasteiger charge is 2.21. The summed E-state index contributed by atoms with van der Waals surface area (Å²) in [7, 11) is 0. The average Bonchev–Trinajstić information content (AvgIpc) is 2.80. The zero-order valence-corrected chi connectivity index (χ0v) is 10.9. The van der Waals surface area contributed by atoms with E-state index in [0.29, 0.717) is 12.5 Å². The summed E-state index contributed by atoms with van der Waals surface area (Å²) in [4.78, 5) is 5.84. The van der Waals surface area contributed by atoms with Gasteiger partial charge in [0.25, 0.3) is 0 Å². The number of fused-ring (bicyclic) bond motifs is 1. The predicted molar refractivity (Wildman–Crippen MR) is 73.9 cm³/mol. The summed E-state index contributed by atoms with van der Waals surface area (Å²) in [5.74, 6) is 0.616. The van der Waals surface area contributed by atoms with Crippen LogP contribution in [0.25, 0.3) is 10.9 Å². The van der Waals surface area contributed by atoms with Crippen LogP contribution >= 0.6 is 0 Å². The molecule has 1 saturated heterocycles. The molecular weight excluding hydrogens is 224 g/mol. The third kappa shape index (κ3) is 1.99. The largest absolute Gasteiger partial charge is 0.414 e. The molecule has 1 N–H and O–H groups in total. The van der Waals surface area contributed by atoms with Crippen LogP contribution in [0, 0.1) is 0 Å². The second kappa shape index (κ2) is 5.02. The molecule has 3 rings (SSSR count). The molecular formula is C15H20N2O. The Morgan fingerprint density at radius 2 is 2.06 bits per heavy atom. The molecule has 1 aliphatic rings. The second-order valence-electron chi connectivity index (χ2n) is 4.86. The Labute approximate surface area is 108 Å². The van der Waals surface area contributed by atoms with Crippen LogP contribution in [0.2, 0.25) is 0 Å². The molecule has 1 fully saturated rings. The van der Waals surface area contributed by atoms with Gasteiger partial charge in [-0.15, -0.1) is 0 Å². The number of rotatable bonds is 3. The minimum atomic E-state index is 0.616. The Morgan fingerprint density at radius 1 is 1.28 bits per heavy atom. The van der Waals surface area contributed by atoms with Crippen molar-refractivity contribution < 1.29 is 4.84 Å². The number of aromatic nitrogens is 1. The van der Waals surface area contributed by atoms with Crippen molar-refractivity contribution in [2.45, 2.75) is 25.7 Å². The van der Waals surface area contributed by atoms with Gasteiger partial charge in [0.15, 0.2) is 0 Å². The van der Waals surface area contributed by atoms with E-state index < -0.39 is 0 Å². The van der Waals surface area contributed by atoms with E-state index in [1.165, 1.54) is 29.4 Å². The molecule has 1 aliphatic heterocycles. The van der Waals surface area contributed by atoms with Gasteiger partial charge in [-0.2, -0.15) is 4.73 Å². The smallest absolute Gasteiger partial charge is 0.112 e. The summed E-state index contributed by atoms with van der Waals surface area (Å²) in [5.41, 5.74) is 2.52. The molecule has 0 amide bonds. The first kappa shape index (κ1) is 11.6. The molecule has 0 radical (unpaired) electrons. The summed E-state index contributed by atoms with van der Waals surface area (Å²) in [6.07, 6.45) is 2.40. The average molecular weight is 244 g/mol. The van der Waals surface area contributed by atoms with Gasteiger partial charge in [-0.05, 0) is 45.0 Å². The van der Waals surface area contributed by atoms with Crippen LogP contribution in [0.4, 0.5) is 0 Å². The highest BCUT2D eigenvalue weighted by molar-refractivity contribution is 5.81. The summed E-state index contributed by atoms with van der Waals surface area (Å²) in [6.45, 7) is 4.97. The molecule has 1 aromatic heterocycles. The first-order valence-corrected chi connectivity index (χ1v) is 6.84. The van der Waals surface area contributed by atoms with Gasteiger partial charge in [-0.1, -0.05) is 18.2 Å². The third-order valence-electron chi connectivity index (χ3n) is 3.71. The number of piperidine rings is 1. The van der Waals surface area contributed by atoms with Crippen LogP contribution in [0.15, 0.2) is 30.3 Å². The molecule has 1 aromatic carbocycles. The van der Waals surface area contributed by atoms with Crippen LogP contribution in [0.1, 0.15) is 31.4 Å². The Hall–Kier alpha value is -1.48. The number of benzene rings is 1. The van der Waals surface area contributed by atoms with E-state index in [-0.39, 0.29) is 0 Å². The van der Waals surface area contributed by atoms with E-state index in [2.05, 4.69) is 35.6 Å². The molecule has 96 valence electrons. The van der Waals surface area contributed by atoms with Gasteiger partial charge >= 0.3 is 0 Å². The number of nitrogens with one attached hydrogen (secondary N) is 1. The summed E-state index contributed by atoms with van der Waals surface area (Å²) in [5, 5.41) is 4.70. The van der Waals surface area contributed by atoms with E-state index in [4.69, 9.17) is 4.84 Å². The minimum Gasteiger partial charge on any atom is -0.414 e. The van der Waals surface area contributed by atoms with Crippen LogP contribution in [-0.2, 0) is 0 Å². The van der Waals surface area contributed by atoms with Gasteiger partial charge in [0.05, 0.1) is 11.2 Å². The zero-order chi connectivity index (χ0) is 12.4. The van der Waals surface area contributed by atoms with Crippen LogP contribution < -0.4 is 10.2 Å². The SMILES string of the molecule is CCOn1c(C2CCNCC2)cc2ccccc21. The van der Waals surface area contributed by atoms with E-state index in [1.807, 2.05) is 11.7 Å². The molecule has 0 unspecified atom stereocenters. The molecule has 0 aliphatic carbocycles. The van der Waals surface area contributed by atoms with Crippen molar-refractivity contribution in [2.75, 3.05) is 19.7 Å². The zero-order valence-electron chi connectivity index (χ0n) is 10.9. The Kier molecular flexibility index (Phi) is 3.24. The highest BCUT2D eigenvalue weighted by atomic mass is 16.7. The molecule has 0 saturated carbocycles. The maximum atomic E-state index is 5.84. The number of hydrogen-bond donors (Lipinski definition) is 1. The van der Waals surface area contributed by atoms with E-state index >= 15 is 0 Å². The van der Waals surface area contributed by atoms with Gasteiger partial charge in [-0.25, -0.2) is 0 Å². The molecule has 3 nitrogen and oxygen atoms in total. The standard InChI is InChI=1S/C15H20N2O/c1-2-18-17-14-6-4-3-5-13(14)11-15(17)12-7-9-16-10-8-12/h3-6,11-12,16H,2,7-10H2,1H3. The van der Waals surface area contributed by atoms with E-state index in [1.54, 1.807) is 0 Å². The predicted octanol–water partition coefficient (Wildman–Crippen LogP) is 2.56. The van der Waals surface area contributed by atoms with Gasteiger partial charge in [0.1, 0.15) is 6.61 Å². The van der Waals surface area contributed by atoms with E-state index in [9.17, 15) is 0 Å². The highest BCUT2D eigenvalue weighted by Crippen LogP contribution is 2.30. The summed E-state index contributed by atoms with van der Waals surface area (Å²) in [6, 6.07) is 10.8. The number of para-hydroxylation sites is 1. The van der Waals surface area contributed by atoms with Gasteiger partial charge in [-0.3, -0.25) is 0 Å². The fraction of sp³-hybridized carbons (Fsp3) is 0.467. The van der Waals surface area contributed by atoms with Crippen molar-refractivity contribution in [3.8, 4) is 0 Å². The lowest BCUT2D eigenvalue weighted by Gasteiger charge is -2.24. The van der Waals surface area contributed by atoms with E-state index in [0.717, 1.165) is 13.1 Å². The van der Waals surface area contributed by atoms with Gasteiger partial charge < -0.3 is 10.2 Å². The quantitative estimate of drug-likeness (QED) is 0.898. The Bertz CT molecular complexity index is 526. The third-order valence-corrected chi connectivity index (χ3v) is 3.71. The van der Waals surface area contributed by atoms with Crippen molar-refractivity contribution in [1.82, 2.24) is 10.0 Å². The monoisotopic (exact) mass is 244 g/mol.